The van der Waals surface area contributed by atoms with Gasteiger partial charge in [0.15, 0.2) is 0 Å². The molecule has 2 aromatic heterocycles. The van der Waals surface area contributed by atoms with E-state index in [2.05, 4.69) is 34.6 Å². The average molecular weight is 273 g/mol. The van der Waals surface area contributed by atoms with E-state index in [9.17, 15) is 0 Å². The van der Waals surface area contributed by atoms with Gasteiger partial charge >= 0.3 is 0 Å². The van der Waals surface area contributed by atoms with E-state index in [-0.39, 0.29) is 0 Å². The van der Waals surface area contributed by atoms with Crippen LogP contribution in [0.1, 0.15) is 44.0 Å². The zero-order valence-corrected chi connectivity index (χ0v) is 12.5. The number of methoxy groups -OCH3 is 1. The Morgan fingerprint density at radius 3 is 2.65 bits per heavy atom. The van der Waals surface area contributed by atoms with Crippen LogP contribution in [0.15, 0.2) is 30.7 Å². The summed E-state index contributed by atoms with van der Waals surface area (Å²) in [5.41, 5.74) is 1.24. The predicted molar refractivity (Wildman–Crippen MR) is 80.0 cm³/mol. The van der Waals surface area contributed by atoms with Crippen LogP contribution in [0.3, 0.4) is 0 Å². The van der Waals surface area contributed by atoms with Crippen molar-refractivity contribution in [1.29, 1.82) is 0 Å². The molecule has 0 fully saturated rings. The Morgan fingerprint density at radius 2 is 2.05 bits per heavy atom. The molecule has 0 aromatic carbocycles. The van der Waals surface area contributed by atoms with Crippen molar-refractivity contribution in [2.75, 3.05) is 7.11 Å². The Bertz CT molecular complexity index is 496. The van der Waals surface area contributed by atoms with Gasteiger partial charge in [-0.1, -0.05) is 19.9 Å². The smallest absolute Gasteiger partial charge is 0.212 e. The van der Waals surface area contributed by atoms with Gasteiger partial charge in [-0.3, -0.25) is 0 Å². The van der Waals surface area contributed by atoms with Crippen LogP contribution in [0.2, 0.25) is 0 Å². The molecular weight excluding hydrogens is 250 g/mol. The molecule has 4 nitrogen and oxygen atoms in total. The zero-order chi connectivity index (χ0) is 14.4. The first-order valence-corrected chi connectivity index (χ1v) is 7.20. The Morgan fingerprint density at radius 1 is 1.20 bits per heavy atom. The predicted octanol–water partition coefficient (Wildman–Crippen LogP) is 3.43. The zero-order valence-electron chi connectivity index (χ0n) is 12.5. The third kappa shape index (κ3) is 3.83. The maximum absolute atomic E-state index is 4.94. The number of pyridine rings is 1. The summed E-state index contributed by atoms with van der Waals surface area (Å²) in [5.74, 6) is 2.48. The van der Waals surface area contributed by atoms with Gasteiger partial charge in [0.1, 0.15) is 5.82 Å². The Kier molecular flexibility index (Phi) is 5.16. The summed E-state index contributed by atoms with van der Waals surface area (Å²) in [6.07, 6.45) is 9.62. The number of aryl methyl sites for hydroxylation is 2. The van der Waals surface area contributed by atoms with Gasteiger partial charge in [0.05, 0.1) is 7.11 Å². The molecule has 3 heterocycles. The lowest BCUT2D eigenvalue weighted by molar-refractivity contribution is 0.397. The highest BCUT2D eigenvalue weighted by Crippen LogP contribution is 2.15. The lowest BCUT2D eigenvalue weighted by atomic mass is 10.1. The third-order valence-corrected chi connectivity index (χ3v) is 3.49. The SMILES string of the molecule is COc1ccc(C(C)C)cn1.c1cn2c(n1)CCCC2. The van der Waals surface area contributed by atoms with E-state index in [1.807, 2.05) is 24.5 Å². The second-order valence-corrected chi connectivity index (χ2v) is 5.28. The molecule has 0 spiro atoms. The minimum absolute atomic E-state index is 0.536. The highest BCUT2D eigenvalue weighted by molar-refractivity contribution is 5.19. The molecule has 0 radical (unpaired) electrons. The molecule has 3 rings (SSSR count). The molecule has 0 aliphatic carbocycles. The van der Waals surface area contributed by atoms with Gasteiger partial charge in [-0.05, 0) is 24.3 Å². The summed E-state index contributed by atoms with van der Waals surface area (Å²) in [6, 6.07) is 3.92. The molecule has 1 aliphatic rings. The summed E-state index contributed by atoms with van der Waals surface area (Å²) in [6.45, 7) is 5.46. The molecule has 0 N–H and O–H groups in total. The number of nitrogens with zero attached hydrogens (tertiary/aromatic N) is 3. The van der Waals surface area contributed by atoms with Gasteiger partial charge in [0, 0.05) is 37.6 Å². The second-order valence-electron chi connectivity index (χ2n) is 5.28. The fourth-order valence-electron chi connectivity index (χ4n) is 2.19. The summed E-state index contributed by atoms with van der Waals surface area (Å²) in [7, 11) is 1.62. The third-order valence-electron chi connectivity index (χ3n) is 3.49. The van der Waals surface area contributed by atoms with Crippen LogP contribution in [0, 0.1) is 0 Å². The minimum atomic E-state index is 0.536. The van der Waals surface area contributed by atoms with Crippen LogP contribution in [0.4, 0.5) is 0 Å². The Labute approximate surface area is 120 Å². The highest BCUT2D eigenvalue weighted by atomic mass is 16.5. The first kappa shape index (κ1) is 14.6. The first-order valence-electron chi connectivity index (χ1n) is 7.20. The van der Waals surface area contributed by atoms with Gasteiger partial charge in [0.2, 0.25) is 5.88 Å². The molecular formula is C16H23N3O. The number of imidazole rings is 1. The average Bonchev–Trinajstić information content (AvgIpc) is 2.96. The number of rotatable bonds is 2. The summed E-state index contributed by atoms with van der Waals surface area (Å²) >= 11 is 0. The molecule has 2 aromatic rings. The molecule has 0 amide bonds. The van der Waals surface area contributed by atoms with Crippen molar-refractivity contribution in [2.24, 2.45) is 0 Å². The minimum Gasteiger partial charge on any atom is -0.481 e. The van der Waals surface area contributed by atoms with Crippen molar-refractivity contribution in [3.63, 3.8) is 0 Å². The van der Waals surface area contributed by atoms with E-state index >= 15 is 0 Å². The molecule has 4 heteroatoms. The van der Waals surface area contributed by atoms with E-state index in [1.54, 1.807) is 7.11 Å². The lowest BCUT2D eigenvalue weighted by Gasteiger charge is -2.11. The molecule has 0 saturated heterocycles. The van der Waals surface area contributed by atoms with Gasteiger partial charge < -0.3 is 9.30 Å². The monoisotopic (exact) mass is 273 g/mol. The van der Waals surface area contributed by atoms with E-state index in [4.69, 9.17) is 4.74 Å². The summed E-state index contributed by atoms with van der Waals surface area (Å²) < 4.78 is 7.18. The van der Waals surface area contributed by atoms with Crippen molar-refractivity contribution in [3.05, 3.63) is 42.1 Å². The first-order chi connectivity index (χ1) is 9.70. The molecule has 0 unspecified atom stereocenters. The fraction of sp³-hybridized carbons (Fsp3) is 0.500. The topological polar surface area (TPSA) is 39.9 Å². The van der Waals surface area contributed by atoms with E-state index in [0.29, 0.717) is 11.8 Å². The number of hydrogen-bond donors (Lipinski definition) is 0. The maximum atomic E-state index is 4.94. The molecule has 20 heavy (non-hydrogen) atoms. The number of fused-ring (bicyclic) bond motifs is 1. The van der Waals surface area contributed by atoms with Crippen LogP contribution in [-0.2, 0) is 13.0 Å². The standard InChI is InChI=1S/C9H13NO.C7H10N2/c1-7(2)8-4-5-9(11-3)10-6-8;1-2-5-9-6-4-8-7(9)3-1/h4-7H,1-3H3;4,6H,1-3,5H2. The molecule has 0 atom stereocenters. The maximum Gasteiger partial charge on any atom is 0.212 e. The summed E-state index contributed by atoms with van der Waals surface area (Å²) in [5, 5.41) is 0. The summed E-state index contributed by atoms with van der Waals surface area (Å²) in [4.78, 5) is 8.32. The lowest BCUT2D eigenvalue weighted by Crippen LogP contribution is -2.08. The molecule has 1 aliphatic heterocycles. The van der Waals surface area contributed by atoms with Gasteiger partial charge in [-0.25, -0.2) is 9.97 Å². The Balaban J connectivity index is 0.000000149. The van der Waals surface area contributed by atoms with E-state index < -0.39 is 0 Å². The fourth-order valence-corrected chi connectivity index (χ4v) is 2.19. The number of hydrogen-bond acceptors (Lipinski definition) is 3. The second kappa shape index (κ2) is 7.08. The normalized spacial score (nSPS) is 13.4. The Hall–Kier alpha value is -1.84. The molecule has 108 valence electrons. The van der Waals surface area contributed by atoms with Crippen LogP contribution >= 0.6 is 0 Å². The van der Waals surface area contributed by atoms with Crippen LogP contribution in [0.5, 0.6) is 5.88 Å². The van der Waals surface area contributed by atoms with Crippen molar-refractivity contribution < 1.29 is 4.74 Å². The van der Waals surface area contributed by atoms with E-state index in [1.165, 1.54) is 37.2 Å². The van der Waals surface area contributed by atoms with Gasteiger partial charge in [-0.2, -0.15) is 0 Å². The van der Waals surface area contributed by atoms with Crippen LogP contribution in [-0.4, -0.2) is 21.6 Å². The van der Waals surface area contributed by atoms with Crippen LogP contribution < -0.4 is 4.74 Å². The molecule has 0 bridgehead atoms. The molecule has 0 saturated carbocycles. The number of aromatic nitrogens is 3. The van der Waals surface area contributed by atoms with Crippen molar-refractivity contribution in [3.8, 4) is 5.88 Å². The van der Waals surface area contributed by atoms with Crippen LogP contribution in [0.25, 0.3) is 0 Å². The van der Waals surface area contributed by atoms with E-state index in [0.717, 1.165) is 0 Å². The van der Waals surface area contributed by atoms with Crippen molar-refractivity contribution in [2.45, 2.75) is 45.6 Å². The largest absolute Gasteiger partial charge is 0.481 e. The van der Waals surface area contributed by atoms with Gasteiger partial charge in [0.25, 0.3) is 0 Å². The van der Waals surface area contributed by atoms with Crippen molar-refractivity contribution >= 4 is 0 Å². The van der Waals surface area contributed by atoms with Crippen molar-refractivity contribution in [1.82, 2.24) is 14.5 Å². The van der Waals surface area contributed by atoms with Gasteiger partial charge in [-0.15, -0.1) is 0 Å². The highest BCUT2D eigenvalue weighted by Gasteiger charge is 2.06. The quantitative estimate of drug-likeness (QED) is 0.841. The number of ether oxygens (including phenoxy) is 1.